The molecule has 0 unspecified atom stereocenters. The first-order valence-electron chi connectivity index (χ1n) is 5.73. The van der Waals surface area contributed by atoms with E-state index in [0.717, 1.165) is 19.4 Å². The van der Waals surface area contributed by atoms with Gasteiger partial charge in [-0.2, -0.15) is 0 Å². The van der Waals surface area contributed by atoms with Gasteiger partial charge in [0.05, 0.1) is 24.9 Å². The van der Waals surface area contributed by atoms with E-state index in [1.54, 1.807) is 0 Å². The third kappa shape index (κ3) is 2.21. The Kier molecular flexibility index (Phi) is 2.47. The van der Waals surface area contributed by atoms with Crippen LogP contribution in [0.5, 0.6) is 0 Å². The average molecular weight is 204 g/mol. The van der Waals surface area contributed by atoms with Gasteiger partial charge < -0.3 is 9.47 Å². The highest BCUT2D eigenvalue weighted by Crippen LogP contribution is 2.37. The van der Waals surface area contributed by atoms with Crippen LogP contribution in [0.2, 0.25) is 0 Å². The molecular weight excluding hydrogens is 188 g/mol. The number of ether oxygens (including phenoxy) is 2. The molecule has 1 aliphatic heterocycles. The van der Waals surface area contributed by atoms with Crippen molar-refractivity contribution in [3.63, 3.8) is 0 Å². The molecule has 2 fully saturated rings. The fourth-order valence-electron chi connectivity index (χ4n) is 2.31. The highest BCUT2D eigenvalue weighted by atomic mass is 16.6. The van der Waals surface area contributed by atoms with Crippen molar-refractivity contribution in [2.75, 3.05) is 0 Å². The van der Waals surface area contributed by atoms with E-state index in [1.165, 1.54) is 12.0 Å². The van der Waals surface area contributed by atoms with Crippen LogP contribution in [0.1, 0.15) is 24.8 Å². The molecular formula is C13H16O2. The summed E-state index contributed by atoms with van der Waals surface area (Å²) < 4.78 is 11.4. The monoisotopic (exact) mass is 204 g/mol. The van der Waals surface area contributed by atoms with Gasteiger partial charge in [-0.05, 0) is 18.4 Å². The molecule has 0 N–H and O–H groups in total. The van der Waals surface area contributed by atoms with E-state index in [9.17, 15) is 0 Å². The Morgan fingerprint density at radius 2 is 2.00 bits per heavy atom. The summed E-state index contributed by atoms with van der Waals surface area (Å²) in [6, 6.07) is 10.4. The van der Waals surface area contributed by atoms with Crippen LogP contribution >= 0.6 is 0 Å². The second-order valence-corrected chi connectivity index (χ2v) is 4.44. The molecule has 1 saturated carbocycles. The van der Waals surface area contributed by atoms with Crippen LogP contribution in [0.4, 0.5) is 0 Å². The van der Waals surface area contributed by atoms with Gasteiger partial charge in [0.1, 0.15) is 0 Å². The van der Waals surface area contributed by atoms with E-state index in [1.807, 2.05) is 6.07 Å². The molecule has 0 spiro atoms. The van der Waals surface area contributed by atoms with E-state index in [-0.39, 0.29) is 0 Å². The van der Waals surface area contributed by atoms with E-state index >= 15 is 0 Å². The molecule has 15 heavy (non-hydrogen) atoms. The minimum atomic E-state index is 0.411. The molecule has 3 atom stereocenters. The maximum Gasteiger partial charge on any atom is 0.0866 e. The van der Waals surface area contributed by atoms with Crippen molar-refractivity contribution in [1.29, 1.82) is 0 Å². The number of hydrogen-bond acceptors (Lipinski definition) is 2. The van der Waals surface area contributed by atoms with Gasteiger partial charge in [-0.1, -0.05) is 30.3 Å². The van der Waals surface area contributed by atoms with Gasteiger partial charge in [-0.25, -0.2) is 0 Å². The summed E-state index contributed by atoms with van der Waals surface area (Å²) in [4.78, 5) is 0. The number of hydrogen-bond donors (Lipinski definition) is 0. The first-order valence-corrected chi connectivity index (χ1v) is 5.73. The fraction of sp³-hybridized carbons (Fsp3) is 0.538. The average Bonchev–Trinajstić information content (AvgIpc) is 3.06. The van der Waals surface area contributed by atoms with Crippen molar-refractivity contribution < 1.29 is 9.47 Å². The predicted octanol–water partition coefficient (Wildman–Crippen LogP) is 2.52. The molecule has 2 heteroatoms. The summed E-state index contributed by atoms with van der Waals surface area (Å²) in [6.45, 7) is 0.739. The predicted molar refractivity (Wildman–Crippen MR) is 57.5 cm³/mol. The Balaban J connectivity index is 1.49. The third-order valence-electron chi connectivity index (χ3n) is 3.28. The van der Waals surface area contributed by atoms with Crippen LogP contribution in [0.25, 0.3) is 0 Å². The van der Waals surface area contributed by atoms with Crippen LogP contribution in [-0.2, 0) is 16.1 Å². The minimum Gasteiger partial charge on any atom is -0.373 e. The minimum absolute atomic E-state index is 0.411. The smallest absolute Gasteiger partial charge is 0.0866 e. The third-order valence-corrected chi connectivity index (χ3v) is 3.28. The van der Waals surface area contributed by atoms with Crippen LogP contribution in [0.15, 0.2) is 30.3 Å². The summed E-state index contributed by atoms with van der Waals surface area (Å²) >= 11 is 0. The van der Waals surface area contributed by atoms with Crippen LogP contribution in [-0.4, -0.2) is 18.3 Å². The lowest BCUT2D eigenvalue weighted by molar-refractivity contribution is 0.0213. The molecule has 1 aromatic rings. The summed E-state index contributed by atoms with van der Waals surface area (Å²) in [6.07, 6.45) is 4.94. The summed E-state index contributed by atoms with van der Waals surface area (Å²) in [7, 11) is 0. The van der Waals surface area contributed by atoms with Crippen LogP contribution in [0.3, 0.4) is 0 Å². The highest BCUT2D eigenvalue weighted by molar-refractivity contribution is 5.13. The van der Waals surface area contributed by atoms with Gasteiger partial charge >= 0.3 is 0 Å². The Hall–Kier alpha value is -0.860. The summed E-state index contributed by atoms with van der Waals surface area (Å²) in [5, 5.41) is 0. The van der Waals surface area contributed by atoms with Crippen molar-refractivity contribution in [1.82, 2.24) is 0 Å². The Bertz CT molecular complexity index is 323. The van der Waals surface area contributed by atoms with Gasteiger partial charge in [0.15, 0.2) is 0 Å². The second kappa shape index (κ2) is 3.95. The molecule has 0 aromatic heterocycles. The summed E-state index contributed by atoms with van der Waals surface area (Å²) in [5.41, 5.74) is 1.26. The number of epoxide rings is 1. The zero-order chi connectivity index (χ0) is 10.1. The molecule has 1 saturated heterocycles. The largest absolute Gasteiger partial charge is 0.373 e. The molecule has 0 amide bonds. The lowest BCUT2D eigenvalue weighted by atomic mass is 9.98. The fourth-order valence-corrected chi connectivity index (χ4v) is 2.31. The van der Waals surface area contributed by atoms with Crippen LogP contribution < -0.4 is 0 Å². The molecule has 1 heterocycles. The molecule has 80 valence electrons. The van der Waals surface area contributed by atoms with Crippen molar-refractivity contribution >= 4 is 0 Å². The molecule has 2 aliphatic rings. The molecule has 0 radical (unpaired) electrons. The highest BCUT2D eigenvalue weighted by Gasteiger charge is 2.44. The topological polar surface area (TPSA) is 21.8 Å². The van der Waals surface area contributed by atoms with Gasteiger partial charge in [0.25, 0.3) is 0 Å². The molecule has 0 bridgehead atoms. The molecule has 3 rings (SSSR count). The summed E-state index contributed by atoms with van der Waals surface area (Å²) in [5.74, 6) is 0. The van der Waals surface area contributed by atoms with E-state index in [4.69, 9.17) is 9.47 Å². The van der Waals surface area contributed by atoms with E-state index in [0.29, 0.717) is 18.3 Å². The normalized spacial score (nSPS) is 33.5. The zero-order valence-electron chi connectivity index (χ0n) is 8.76. The van der Waals surface area contributed by atoms with Crippen molar-refractivity contribution in [2.24, 2.45) is 0 Å². The lowest BCUT2D eigenvalue weighted by Crippen LogP contribution is -2.21. The molecule has 1 aliphatic carbocycles. The van der Waals surface area contributed by atoms with Gasteiger partial charge in [-0.15, -0.1) is 0 Å². The quantitative estimate of drug-likeness (QED) is 0.706. The Labute approximate surface area is 90.2 Å². The number of rotatable bonds is 3. The number of benzene rings is 1. The maximum atomic E-state index is 5.89. The molecule has 2 nitrogen and oxygen atoms in total. The Morgan fingerprint density at radius 3 is 2.80 bits per heavy atom. The van der Waals surface area contributed by atoms with E-state index in [2.05, 4.69) is 24.3 Å². The first-order chi connectivity index (χ1) is 7.42. The van der Waals surface area contributed by atoms with Gasteiger partial charge in [0.2, 0.25) is 0 Å². The SMILES string of the molecule is c1ccc(CO[C@@H]2CC[C@@H]3O[C@@H]3C2)cc1. The second-order valence-electron chi connectivity index (χ2n) is 4.44. The van der Waals surface area contributed by atoms with Gasteiger partial charge in [-0.3, -0.25) is 0 Å². The lowest BCUT2D eigenvalue weighted by Gasteiger charge is -2.19. The van der Waals surface area contributed by atoms with Gasteiger partial charge in [0, 0.05) is 6.42 Å². The first kappa shape index (κ1) is 9.37. The van der Waals surface area contributed by atoms with E-state index < -0.39 is 0 Å². The van der Waals surface area contributed by atoms with Crippen molar-refractivity contribution in [2.45, 2.75) is 44.2 Å². The standard InChI is InChI=1S/C13H16O2/c1-2-4-10(5-3-1)9-14-11-6-7-12-13(8-11)15-12/h1-5,11-13H,6-9H2/t11-,12+,13-/m1/s1. The van der Waals surface area contributed by atoms with Crippen molar-refractivity contribution in [3.05, 3.63) is 35.9 Å². The zero-order valence-corrected chi connectivity index (χ0v) is 8.76. The number of fused-ring (bicyclic) bond motifs is 1. The van der Waals surface area contributed by atoms with Crippen LogP contribution in [0, 0.1) is 0 Å². The maximum absolute atomic E-state index is 5.89. The molecule has 1 aromatic carbocycles. The Morgan fingerprint density at radius 1 is 1.13 bits per heavy atom. The van der Waals surface area contributed by atoms with Crippen molar-refractivity contribution in [3.8, 4) is 0 Å².